The van der Waals surface area contributed by atoms with E-state index < -0.39 is 0 Å². The maximum absolute atomic E-state index is 6.34. The number of rotatable bonds is 5. The van der Waals surface area contributed by atoms with E-state index in [0.717, 1.165) is 18.1 Å². The fourth-order valence-corrected chi connectivity index (χ4v) is 2.89. The molecule has 0 bridgehead atoms. The minimum Gasteiger partial charge on any atom is -0.497 e. The van der Waals surface area contributed by atoms with E-state index in [0.29, 0.717) is 0 Å². The molecule has 1 atom stereocenters. The second kappa shape index (κ2) is 6.31. The first kappa shape index (κ1) is 14.2. The first-order valence-electron chi connectivity index (χ1n) is 7.74. The van der Waals surface area contributed by atoms with Gasteiger partial charge >= 0.3 is 0 Å². The van der Waals surface area contributed by atoms with E-state index in [1.54, 1.807) is 7.11 Å². The van der Waals surface area contributed by atoms with Gasteiger partial charge < -0.3 is 10.5 Å². The van der Waals surface area contributed by atoms with Crippen LogP contribution in [0.3, 0.4) is 0 Å². The summed E-state index contributed by atoms with van der Waals surface area (Å²) >= 11 is 0. The van der Waals surface area contributed by atoms with Gasteiger partial charge in [-0.2, -0.15) is 0 Å². The summed E-state index contributed by atoms with van der Waals surface area (Å²) in [5.41, 5.74) is 10.3. The molecule has 0 radical (unpaired) electrons. The number of methoxy groups -OCH3 is 1. The Morgan fingerprint density at radius 3 is 2.24 bits per heavy atom. The predicted molar refractivity (Wildman–Crippen MR) is 86.7 cm³/mol. The van der Waals surface area contributed by atoms with Gasteiger partial charge in [-0.1, -0.05) is 42.8 Å². The number of hydrogen-bond acceptors (Lipinski definition) is 2. The van der Waals surface area contributed by atoms with Crippen LogP contribution >= 0.6 is 0 Å². The highest BCUT2D eigenvalue weighted by Crippen LogP contribution is 2.36. The van der Waals surface area contributed by atoms with Crippen molar-refractivity contribution in [3.05, 3.63) is 65.2 Å². The molecular weight excluding hydrogens is 258 g/mol. The Labute approximate surface area is 126 Å². The molecule has 1 unspecified atom stereocenters. The number of ether oxygens (including phenoxy) is 1. The van der Waals surface area contributed by atoms with Crippen LogP contribution in [0.2, 0.25) is 0 Å². The Kier molecular flexibility index (Phi) is 4.26. The maximum atomic E-state index is 6.34. The van der Waals surface area contributed by atoms with Gasteiger partial charge in [-0.25, -0.2) is 0 Å². The molecule has 3 rings (SSSR count). The molecule has 2 aromatic carbocycles. The van der Waals surface area contributed by atoms with Crippen molar-refractivity contribution in [2.75, 3.05) is 7.11 Å². The Hall–Kier alpha value is -1.80. The Morgan fingerprint density at radius 2 is 1.71 bits per heavy atom. The van der Waals surface area contributed by atoms with Crippen molar-refractivity contribution >= 4 is 0 Å². The van der Waals surface area contributed by atoms with E-state index in [1.165, 1.54) is 36.0 Å². The maximum Gasteiger partial charge on any atom is 0.118 e. The topological polar surface area (TPSA) is 35.2 Å². The molecule has 2 N–H and O–H groups in total. The monoisotopic (exact) mass is 281 g/mol. The molecule has 2 heteroatoms. The van der Waals surface area contributed by atoms with Crippen LogP contribution in [0, 0.1) is 0 Å². The Balaban J connectivity index is 1.64. The third-order valence-corrected chi connectivity index (χ3v) is 4.56. The smallest absolute Gasteiger partial charge is 0.118 e. The molecule has 0 aromatic heterocycles. The fourth-order valence-electron chi connectivity index (χ4n) is 2.89. The number of hydrogen-bond donors (Lipinski definition) is 1. The van der Waals surface area contributed by atoms with E-state index in [1.807, 2.05) is 12.1 Å². The lowest BCUT2D eigenvalue weighted by atomic mass is 9.80. The van der Waals surface area contributed by atoms with Crippen molar-refractivity contribution < 1.29 is 4.74 Å². The molecule has 0 aliphatic heterocycles. The molecule has 0 amide bonds. The highest BCUT2D eigenvalue weighted by Gasteiger charge is 2.19. The van der Waals surface area contributed by atoms with Crippen molar-refractivity contribution in [1.82, 2.24) is 0 Å². The van der Waals surface area contributed by atoms with Crippen molar-refractivity contribution in [2.24, 2.45) is 5.73 Å². The first-order chi connectivity index (χ1) is 10.3. The second-order valence-corrected chi connectivity index (χ2v) is 5.95. The molecule has 2 aromatic rings. The zero-order valence-corrected chi connectivity index (χ0v) is 12.6. The van der Waals surface area contributed by atoms with E-state index >= 15 is 0 Å². The van der Waals surface area contributed by atoms with Gasteiger partial charge in [-0.15, -0.1) is 0 Å². The van der Waals surface area contributed by atoms with Gasteiger partial charge in [0.25, 0.3) is 0 Å². The normalized spacial score (nSPS) is 16.3. The third-order valence-electron chi connectivity index (χ3n) is 4.56. The van der Waals surface area contributed by atoms with Crippen LogP contribution in [-0.4, -0.2) is 7.11 Å². The molecule has 110 valence electrons. The van der Waals surface area contributed by atoms with E-state index in [-0.39, 0.29) is 6.04 Å². The first-order valence-corrected chi connectivity index (χ1v) is 7.74. The van der Waals surface area contributed by atoms with Crippen LogP contribution < -0.4 is 10.5 Å². The summed E-state index contributed by atoms with van der Waals surface area (Å²) in [5, 5.41) is 0. The Morgan fingerprint density at radius 1 is 1.05 bits per heavy atom. The summed E-state index contributed by atoms with van der Waals surface area (Å²) in [7, 11) is 1.68. The molecule has 21 heavy (non-hydrogen) atoms. The third kappa shape index (κ3) is 3.27. The summed E-state index contributed by atoms with van der Waals surface area (Å²) in [5.74, 6) is 1.68. The van der Waals surface area contributed by atoms with Crippen molar-refractivity contribution in [3.8, 4) is 5.75 Å². The summed E-state index contributed by atoms with van der Waals surface area (Å²) in [6.07, 6.45) is 4.92. The van der Waals surface area contributed by atoms with Gasteiger partial charge in [0.05, 0.1) is 7.11 Å². The molecule has 1 aliphatic carbocycles. The second-order valence-electron chi connectivity index (χ2n) is 5.95. The lowest BCUT2D eigenvalue weighted by Gasteiger charge is -2.26. The molecule has 0 spiro atoms. The van der Waals surface area contributed by atoms with Crippen LogP contribution in [0.15, 0.2) is 48.5 Å². The molecule has 0 saturated heterocycles. The van der Waals surface area contributed by atoms with Crippen LogP contribution in [0.5, 0.6) is 5.75 Å². The molecule has 1 saturated carbocycles. The quantitative estimate of drug-likeness (QED) is 0.891. The van der Waals surface area contributed by atoms with Gasteiger partial charge in [0.2, 0.25) is 0 Å². The number of benzene rings is 2. The summed E-state index contributed by atoms with van der Waals surface area (Å²) in [4.78, 5) is 0. The zero-order valence-electron chi connectivity index (χ0n) is 12.6. The van der Waals surface area contributed by atoms with Gasteiger partial charge in [-0.05, 0) is 54.0 Å². The zero-order chi connectivity index (χ0) is 14.7. The van der Waals surface area contributed by atoms with Crippen LogP contribution in [-0.2, 0) is 6.42 Å². The van der Waals surface area contributed by atoms with Gasteiger partial charge in [0, 0.05) is 6.04 Å². The average molecular weight is 281 g/mol. The predicted octanol–water partition coefficient (Wildman–Crippen LogP) is 4.21. The van der Waals surface area contributed by atoms with Crippen molar-refractivity contribution in [2.45, 2.75) is 37.6 Å². The van der Waals surface area contributed by atoms with Gasteiger partial charge in [0.15, 0.2) is 0 Å². The summed E-state index contributed by atoms with van der Waals surface area (Å²) in [6.45, 7) is 0. The van der Waals surface area contributed by atoms with Gasteiger partial charge in [-0.3, -0.25) is 0 Å². The molecule has 1 fully saturated rings. The minimum atomic E-state index is 0.0498. The number of nitrogens with two attached hydrogens (primary N) is 1. The summed E-state index contributed by atoms with van der Waals surface area (Å²) < 4.78 is 5.18. The van der Waals surface area contributed by atoms with Crippen molar-refractivity contribution in [1.29, 1.82) is 0 Å². The van der Waals surface area contributed by atoms with Gasteiger partial charge in [0.1, 0.15) is 5.75 Å². The van der Waals surface area contributed by atoms with Crippen molar-refractivity contribution in [3.63, 3.8) is 0 Å². The summed E-state index contributed by atoms with van der Waals surface area (Å²) in [6, 6.07) is 17.1. The van der Waals surface area contributed by atoms with E-state index in [9.17, 15) is 0 Å². The lowest BCUT2D eigenvalue weighted by Crippen LogP contribution is -2.14. The van der Waals surface area contributed by atoms with Crippen LogP contribution in [0.1, 0.15) is 47.9 Å². The highest BCUT2D eigenvalue weighted by atomic mass is 16.5. The molecular formula is C19H23NO. The standard InChI is InChI=1S/C19H23NO/c1-21-18-11-5-14(6-12-18)13-19(20)17-9-7-16(8-10-17)15-3-2-4-15/h5-12,15,19H,2-4,13,20H2,1H3. The van der Waals surface area contributed by atoms with Crippen LogP contribution in [0.4, 0.5) is 0 Å². The molecule has 1 aliphatic rings. The van der Waals surface area contributed by atoms with E-state index in [2.05, 4.69) is 36.4 Å². The molecule has 2 nitrogen and oxygen atoms in total. The Bertz CT molecular complexity index is 570. The lowest BCUT2D eigenvalue weighted by molar-refractivity contribution is 0.414. The van der Waals surface area contributed by atoms with Crippen LogP contribution in [0.25, 0.3) is 0 Å². The largest absolute Gasteiger partial charge is 0.497 e. The minimum absolute atomic E-state index is 0.0498. The fraction of sp³-hybridized carbons (Fsp3) is 0.368. The van der Waals surface area contributed by atoms with E-state index in [4.69, 9.17) is 10.5 Å². The SMILES string of the molecule is COc1ccc(CC(N)c2ccc(C3CCC3)cc2)cc1. The highest BCUT2D eigenvalue weighted by molar-refractivity contribution is 5.31. The average Bonchev–Trinajstić information content (AvgIpc) is 2.47. The molecule has 0 heterocycles.